The lowest BCUT2D eigenvalue weighted by Crippen LogP contribution is -2.41. The summed E-state index contributed by atoms with van der Waals surface area (Å²) in [6.07, 6.45) is 0.829. The first-order valence-corrected chi connectivity index (χ1v) is 9.30. The van der Waals surface area contributed by atoms with Gasteiger partial charge >= 0.3 is 0 Å². The summed E-state index contributed by atoms with van der Waals surface area (Å²) in [5.41, 5.74) is -0.173. The van der Waals surface area contributed by atoms with Gasteiger partial charge in [0.25, 0.3) is 0 Å². The number of piperidine rings is 1. The van der Waals surface area contributed by atoms with Crippen LogP contribution in [-0.4, -0.2) is 71.4 Å². The molecule has 8 heteroatoms. The van der Waals surface area contributed by atoms with Gasteiger partial charge in [-0.25, -0.2) is 13.2 Å². The van der Waals surface area contributed by atoms with Crippen molar-refractivity contribution in [1.29, 1.82) is 0 Å². The normalized spacial score (nSPS) is 24.6. The highest BCUT2D eigenvalue weighted by atomic mass is 19.2. The molecule has 2 N–H and O–H groups in total. The fraction of sp³-hybridized carbons (Fsp3) is 0.632. The molecule has 2 aliphatic rings. The Hall–Kier alpha value is -1.64. The van der Waals surface area contributed by atoms with E-state index >= 15 is 0 Å². The van der Waals surface area contributed by atoms with Crippen LogP contribution >= 0.6 is 0 Å². The summed E-state index contributed by atoms with van der Waals surface area (Å²) in [6, 6.07) is 1.90. The molecule has 5 nitrogen and oxygen atoms in total. The van der Waals surface area contributed by atoms with E-state index in [2.05, 4.69) is 4.90 Å². The molecule has 0 unspecified atom stereocenters. The Morgan fingerprint density at radius 2 is 1.74 bits per heavy atom. The fourth-order valence-electron chi connectivity index (χ4n) is 3.97. The molecular weight excluding hydrogens is 361 g/mol. The van der Waals surface area contributed by atoms with Crippen molar-refractivity contribution in [3.63, 3.8) is 0 Å². The number of nitrogens with zero attached hydrogens (tertiary/aromatic N) is 2. The minimum Gasteiger partial charge on any atom is -0.396 e. The lowest BCUT2D eigenvalue weighted by Gasteiger charge is -2.32. The standard InChI is InChI=1S/C19H25F3N2O3/c20-16-2-1-12(18(21)19(16)22)7-17(27)24-9-13(14(10-24)11-25)8-23-5-3-15(26)4-6-23/h1-2,13-15,25-26H,3-11H2/t13-,14-/m1/s1. The van der Waals surface area contributed by atoms with Crippen molar-refractivity contribution in [2.24, 2.45) is 11.8 Å². The number of likely N-dealkylation sites (tertiary alicyclic amines) is 2. The van der Waals surface area contributed by atoms with Crippen LogP contribution in [0.4, 0.5) is 13.2 Å². The molecule has 1 aromatic rings. The predicted molar refractivity (Wildman–Crippen MR) is 92.3 cm³/mol. The third kappa shape index (κ3) is 4.62. The van der Waals surface area contributed by atoms with Crippen molar-refractivity contribution < 1.29 is 28.2 Å². The molecule has 0 aromatic heterocycles. The maximum Gasteiger partial charge on any atom is 0.227 e. The summed E-state index contributed by atoms with van der Waals surface area (Å²) in [6.45, 7) is 3.04. The Bertz CT molecular complexity index is 680. The average molecular weight is 386 g/mol. The number of benzene rings is 1. The van der Waals surface area contributed by atoms with Gasteiger partial charge in [-0.05, 0) is 24.8 Å². The molecular formula is C19H25F3N2O3. The van der Waals surface area contributed by atoms with E-state index in [1.54, 1.807) is 4.90 Å². The summed E-state index contributed by atoms with van der Waals surface area (Å²) in [4.78, 5) is 16.3. The van der Waals surface area contributed by atoms with Crippen molar-refractivity contribution >= 4 is 5.91 Å². The SMILES string of the molecule is O=C(Cc1ccc(F)c(F)c1F)N1C[C@@H](CN2CCC(O)CC2)[C@@H](CO)C1. The maximum absolute atomic E-state index is 13.8. The van der Waals surface area contributed by atoms with Gasteiger partial charge in [0.2, 0.25) is 5.91 Å². The Morgan fingerprint density at radius 1 is 1.07 bits per heavy atom. The van der Waals surface area contributed by atoms with E-state index in [-0.39, 0.29) is 42.4 Å². The van der Waals surface area contributed by atoms with Gasteiger partial charge in [0.05, 0.1) is 12.5 Å². The smallest absolute Gasteiger partial charge is 0.227 e. The maximum atomic E-state index is 13.8. The molecule has 1 amide bonds. The lowest BCUT2D eigenvalue weighted by atomic mass is 9.95. The summed E-state index contributed by atoms with van der Waals surface area (Å²) in [5, 5.41) is 19.3. The topological polar surface area (TPSA) is 64.0 Å². The van der Waals surface area contributed by atoms with Crippen LogP contribution in [0, 0.1) is 29.3 Å². The zero-order valence-electron chi connectivity index (χ0n) is 15.1. The van der Waals surface area contributed by atoms with Gasteiger partial charge in [-0.3, -0.25) is 4.79 Å². The molecule has 0 spiro atoms. The number of hydrogen-bond acceptors (Lipinski definition) is 4. The second-order valence-corrected chi connectivity index (χ2v) is 7.54. The zero-order valence-corrected chi connectivity index (χ0v) is 15.1. The minimum atomic E-state index is -1.57. The van der Waals surface area contributed by atoms with E-state index in [0.717, 1.165) is 31.8 Å². The third-order valence-corrected chi connectivity index (χ3v) is 5.67. The highest BCUT2D eigenvalue weighted by Crippen LogP contribution is 2.26. The minimum absolute atomic E-state index is 0.0511. The third-order valence-electron chi connectivity index (χ3n) is 5.67. The first-order valence-electron chi connectivity index (χ1n) is 9.30. The molecule has 1 aromatic carbocycles. The number of carbonyl (C=O) groups is 1. The van der Waals surface area contributed by atoms with E-state index in [1.165, 1.54) is 0 Å². The summed E-state index contributed by atoms with van der Waals surface area (Å²) >= 11 is 0. The Morgan fingerprint density at radius 3 is 2.41 bits per heavy atom. The van der Waals surface area contributed by atoms with Crippen molar-refractivity contribution in [3.8, 4) is 0 Å². The van der Waals surface area contributed by atoms with Crippen LogP contribution in [0.3, 0.4) is 0 Å². The lowest BCUT2D eigenvalue weighted by molar-refractivity contribution is -0.129. The number of aliphatic hydroxyl groups is 2. The molecule has 0 bridgehead atoms. The number of amides is 1. The summed E-state index contributed by atoms with van der Waals surface area (Å²) in [5.74, 6) is -4.53. The second kappa shape index (κ2) is 8.58. The highest BCUT2D eigenvalue weighted by Gasteiger charge is 2.36. The quantitative estimate of drug-likeness (QED) is 0.746. The molecule has 150 valence electrons. The summed E-state index contributed by atoms with van der Waals surface area (Å²) < 4.78 is 40.2. The molecule has 2 heterocycles. The van der Waals surface area contributed by atoms with Crippen molar-refractivity contribution in [2.45, 2.75) is 25.4 Å². The van der Waals surface area contributed by atoms with Crippen molar-refractivity contribution in [2.75, 3.05) is 39.3 Å². The van der Waals surface area contributed by atoms with Crippen molar-refractivity contribution in [1.82, 2.24) is 9.80 Å². The van der Waals surface area contributed by atoms with Crippen LogP contribution in [-0.2, 0) is 11.2 Å². The van der Waals surface area contributed by atoms with Crippen LogP contribution in [0.15, 0.2) is 12.1 Å². The van der Waals surface area contributed by atoms with Crippen LogP contribution in [0.2, 0.25) is 0 Å². The molecule has 3 rings (SSSR count). The number of aliphatic hydroxyl groups excluding tert-OH is 2. The Balaban J connectivity index is 1.60. The van der Waals surface area contributed by atoms with Gasteiger partial charge in [0.1, 0.15) is 0 Å². The number of halogens is 3. The van der Waals surface area contributed by atoms with Gasteiger partial charge in [-0.2, -0.15) is 0 Å². The van der Waals surface area contributed by atoms with Gasteiger partial charge < -0.3 is 20.0 Å². The van der Waals surface area contributed by atoms with Crippen LogP contribution in [0.25, 0.3) is 0 Å². The van der Waals surface area contributed by atoms with E-state index < -0.39 is 17.5 Å². The number of hydrogen-bond donors (Lipinski definition) is 2. The van der Waals surface area contributed by atoms with E-state index in [0.29, 0.717) is 25.9 Å². The van der Waals surface area contributed by atoms with E-state index in [4.69, 9.17) is 0 Å². The van der Waals surface area contributed by atoms with Gasteiger partial charge in [0.15, 0.2) is 17.5 Å². The molecule has 0 saturated carbocycles. The predicted octanol–water partition coefficient (Wildman–Crippen LogP) is 1.17. The molecule has 2 aliphatic heterocycles. The second-order valence-electron chi connectivity index (χ2n) is 7.54. The van der Waals surface area contributed by atoms with Crippen molar-refractivity contribution in [3.05, 3.63) is 35.1 Å². The molecule has 27 heavy (non-hydrogen) atoms. The molecule has 2 atom stereocenters. The van der Waals surface area contributed by atoms with Crippen LogP contribution in [0.1, 0.15) is 18.4 Å². The molecule has 2 saturated heterocycles. The van der Waals surface area contributed by atoms with Crippen LogP contribution < -0.4 is 0 Å². The molecule has 0 aliphatic carbocycles. The highest BCUT2D eigenvalue weighted by molar-refractivity contribution is 5.79. The van der Waals surface area contributed by atoms with E-state index in [1.807, 2.05) is 0 Å². The average Bonchev–Trinajstić information content (AvgIpc) is 3.07. The van der Waals surface area contributed by atoms with Gasteiger partial charge in [-0.1, -0.05) is 6.07 Å². The van der Waals surface area contributed by atoms with Gasteiger partial charge in [-0.15, -0.1) is 0 Å². The molecule has 0 radical (unpaired) electrons. The largest absolute Gasteiger partial charge is 0.396 e. The Kier molecular flexibility index (Phi) is 6.39. The summed E-state index contributed by atoms with van der Waals surface area (Å²) in [7, 11) is 0. The first kappa shape index (κ1) is 20.1. The van der Waals surface area contributed by atoms with E-state index in [9.17, 15) is 28.2 Å². The zero-order chi connectivity index (χ0) is 19.6. The number of rotatable bonds is 5. The molecule has 2 fully saturated rings. The van der Waals surface area contributed by atoms with Gasteiger partial charge in [0, 0.05) is 50.8 Å². The fourth-order valence-corrected chi connectivity index (χ4v) is 3.97. The Labute approximate surface area is 156 Å². The van der Waals surface area contributed by atoms with Crippen LogP contribution in [0.5, 0.6) is 0 Å². The monoisotopic (exact) mass is 386 g/mol. The first-order chi connectivity index (χ1) is 12.9. The number of carbonyl (C=O) groups excluding carboxylic acids is 1.